The molecule has 4 aromatic rings. The van der Waals surface area contributed by atoms with Gasteiger partial charge in [0.2, 0.25) is 11.8 Å². The van der Waals surface area contributed by atoms with Gasteiger partial charge in [-0.1, -0.05) is 13.5 Å². The van der Waals surface area contributed by atoms with Gasteiger partial charge in [0.05, 0.1) is 25.5 Å². The van der Waals surface area contributed by atoms with E-state index in [1.807, 2.05) is 13.0 Å². The topological polar surface area (TPSA) is 177 Å². The number of hydrogen-bond acceptors (Lipinski definition) is 9. The summed E-state index contributed by atoms with van der Waals surface area (Å²) in [5.74, 6) is -0.501. The van der Waals surface area contributed by atoms with E-state index in [4.69, 9.17) is 10.5 Å². The number of aromatic nitrogens is 3. The first kappa shape index (κ1) is 35.4. The molecule has 2 aromatic carbocycles. The van der Waals surface area contributed by atoms with Crippen LogP contribution in [0.1, 0.15) is 34.8 Å². The minimum absolute atomic E-state index is 0.173. The number of methoxy groups -OCH3 is 1. The lowest BCUT2D eigenvalue weighted by molar-refractivity contribution is -0.128. The summed E-state index contributed by atoms with van der Waals surface area (Å²) >= 11 is 0. The second kappa shape index (κ2) is 16.4. The largest absolute Gasteiger partial charge is 0.496 e. The molecule has 0 saturated carbocycles. The maximum Gasteiger partial charge on any atom is 0.251 e. The van der Waals surface area contributed by atoms with Crippen LogP contribution in [0.25, 0.3) is 16.9 Å². The van der Waals surface area contributed by atoms with Gasteiger partial charge in [0, 0.05) is 54.4 Å². The normalized spacial score (nSPS) is 11.4. The number of carbonyl (C=O) groups excluding carboxylic acids is 3. The molecule has 0 aliphatic heterocycles. The minimum Gasteiger partial charge on any atom is -0.496 e. The Morgan fingerprint density at radius 3 is 2.60 bits per heavy atom. The molecule has 4 rings (SSSR count). The summed E-state index contributed by atoms with van der Waals surface area (Å²) in [6.45, 7) is 7.92. The zero-order valence-corrected chi connectivity index (χ0v) is 27.6. The molecule has 3 amide bonds. The maximum absolute atomic E-state index is 15.2. The van der Waals surface area contributed by atoms with E-state index in [2.05, 4.69) is 43.1 Å². The molecular formula is C33H41BFN9O4. The molecule has 0 fully saturated rings. The van der Waals surface area contributed by atoms with E-state index in [1.54, 1.807) is 62.0 Å². The Morgan fingerprint density at radius 1 is 1.12 bits per heavy atom. The number of nitrogens with one attached hydrogen (secondary N) is 5. The molecular weight excluding hydrogens is 616 g/mol. The van der Waals surface area contributed by atoms with Crippen LogP contribution in [0.4, 0.5) is 15.9 Å². The highest BCUT2D eigenvalue weighted by atomic mass is 19.1. The number of benzene rings is 2. The molecule has 0 saturated heterocycles. The predicted molar refractivity (Wildman–Crippen MR) is 185 cm³/mol. The van der Waals surface area contributed by atoms with Gasteiger partial charge in [0.15, 0.2) is 19.3 Å². The van der Waals surface area contributed by atoms with Crippen LogP contribution in [0.2, 0.25) is 0 Å². The molecule has 7 N–H and O–H groups in total. The summed E-state index contributed by atoms with van der Waals surface area (Å²) in [5.41, 5.74) is 9.95. The molecule has 1 unspecified atom stereocenters. The van der Waals surface area contributed by atoms with Gasteiger partial charge in [-0.05, 0) is 61.3 Å². The molecule has 252 valence electrons. The zero-order chi connectivity index (χ0) is 34.8. The van der Waals surface area contributed by atoms with Gasteiger partial charge in [-0.3, -0.25) is 18.8 Å². The average Bonchev–Trinajstić information content (AvgIpc) is 3.52. The summed E-state index contributed by atoms with van der Waals surface area (Å²) in [4.78, 5) is 46.3. The summed E-state index contributed by atoms with van der Waals surface area (Å²) in [6, 6.07) is 7.98. The molecule has 15 heteroatoms. The lowest BCUT2D eigenvalue weighted by Crippen LogP contribution is -2.53. The fourth-order valence-electron chi connectivity index (χ4n) is 5.07. The van der Waals surface area contributed by atoms with Crippen molar-refractivity contribution in [3.05, 3.63) is 83.6 Å². The van der Waals surface area contributed by atoms with Gasteiger partial charge in [-0.15, -0.1) is 0 Å². The van der Waals surface area contributed by atoms with Crippen LogP contribution < -0.4 is 37.1 Å². The molecule has 0 aliphatic rings. The molecule has 2 heterocycles. The van der Waals surface area contributed by atoms with Gasteiger partial charge >= 0.3 is 0 Å². The summed E-state index contributed by atoms with van der Waals surface area (Å²) in [7, 11) is 3.25. The fraction of sp³-hybridized carbons (Fsp3) is 0.303. The van der Waals surface area contributed by atoms with E-state index < -0.39 is 11.9 Å². The highest BCUT2D eigenvalue weighted by molar-refractivity contribution is 6.20. The third-order valence-electron chi connectivity index (χ3n) is 7.64. The summed E-state index contributed by atoms with van der Waals surface area (Å²) in [5, 5.41) is 14.5. The van der Waals surface area contributed by atoms with Crippen LogP contribution in [0.15, 0.2) is 61.1 Å². The quantitative estimate of drug-likeness (QED) is 0.0771. The first-order chi connectivity index (χ1) is 23.1. The molecule has 0 spiro atoms. The first-order valence-electron chi connectivity index (χ1n) is 15.6. The molecule has 1 atom stereocenters. The van der Waals surface area contributed by atoms with Crippen molar-refractivity contribution < 1.29 is 23.5 Å². The van der Waals surface area contributed by atoms with Crippen LogP contribution in [0.5, 0.6) is 5.75 Å². The lowest BCUT2D eigenvalue weighted by atomic mass is 10.0. The van der Waals surface area contributed by atoms with Crippen molar-refractivity contribution in [3.8, 4) is 17.0 Å². The van der Waals surface area contributed by atoms with Gasteiger partial charge in [0.1, 0.15) is 17.6 Å². The average molecular weight is 658 g/mol. The molecule has 0 aliphatic carbocycles. The lowest BCUT2D eigenvalue weighted by Gasteiger charge is -2.19. The summed E-state index contributed by atoms with van der Waals surface area (Å²) < 4.78 is 22.2. The minimum atomic E-state index is -0.815. The smallest absolute Gasteiger partial charge is 0.251 e. The molecule has 2 aromatic heterocycles. The highest BCUT2D eigenvalue weighted by Crippen LogP contribution is 2.32. The molecule has 0 bridgehead atoms. The summed E-state index contributed by atoms with van der Waals surface area (Å²) in [6.07, 6.45) is 6.00. The van der Waals surface area contributed by atoms with Gasteiger partial charge < -0.3 is 37.1 Å². The number of nitrogens with two attached hydrogens (primary N) is 1. The SMILES string of the molecule is BC(=C)NCC(NC(=O)CN)C(=O)NCCCNC(=O)c1ccc(Nc2nccn3c(-c4ccc(OC)c(C)c4F)cnc23)cc1CC. The second-order valence-corrected chi connectivity index (χ2v) is 11.1. The number of rotatable bonds is 16. The van der Waals surface area contributed by atoms with E-state index >= 15 is 4.39 Å². The number of carbonyl (C=O) groups is 3. The van der Waals surface area contributed by atoms with Crippen molar-refractivity contribution in [1.82, 2.24) is 35.6 Å². The van der Waals surface area contributed by atoms with Crippen LogP contribution in [0.3, 0.4) is 0 Å². The standard InChI is InChI=1S/C33H41BFN9O4/c1-5-21-15-22(42-30-31-41-18-26(44(31)14-13-37-30)24-9-10-27(48-4)19(2)29(24)35)7-8-23(21)32(46)38-11-6-12-39-33(47)25(17-40-20(3)34)43-28(45)16-36/h7-10,13-15,18,25,40H,3,5-6,11-12,16-17,34,36H2,1-2,4H3,(H,37,42)(H,38,46)(H,39,47)(H,43,45). The third-order valence-corrected chi connectivity index (χ3v) is 7.64. The molecule has 13 nitrogen and oxygen atoms in total. The number of halogens is 1. The number of amides is 3. The van der Waals surface area contributed by atoms with Crippen LogP contribution in [-0.2, 0) is 16.0 Å². The molecule has 0 radical (unpaired) electrons. The van der Waals surface area contributed by atoms with Crippen LogP contribution >= 0.6 is 0 Å². The van der Waals surface area contributed by atoms with Crippen molar-refractivity contribution in [2.24, 2.45) is 5.73 Å². The van der Waals surface area contributed by atoms with Crippen LogP contribution in [0, 0.1) is 12.7 Å². The Kier molecular flexibility index (Phi) is 12.1. The molecule has 48 heavy (non-hydrogen) atoms. The Hall–Kier alpha value is -5.44. The van der Waals surface area contributed by atoms with Crippen molar-refractivity contribution in [3.63, 3.8) is 0 Å². The first-order valence-corrected chi connectivity index (χ1v) is 15.6. The van der Waals surface area contributed by atoms with Gasteiger partial charge in [-0.2, -0.15) is 0 Å². The van der Waals surface area contributed by atoms with E-state index in [0.717, 1.165) is 5.56 Å². The van der Waals surface area contributed by atoms with Crippen molar-refractivity contribution in [2.75, 3.05) is 38.6 Å². The van der Waals surface area contributed by atoms with E-state index in [9.17, 15) is 14.4 Å². The van der Waals surface area contributed by atoms with Crippen molar-refractivity contribution >= 4 is 42.7 Å². The zero-order valence-electron chi connectivity index (χ0n) is 27.6. The predicted octanol–water partition coefficient (Wildman–Crippen LogP) is 1.53. The Balaban J connectivity index is 1.37. The van der Waals surface area contributed by atoms with E-state index in [-0.39, 0.29) is 30.7 Å². The number of ether oxygens (including phenoxy) is 1. The van der Waals surface area contributed by atoms with Crippen LogP contribution in [-0.4, -0.2) is 79.3 Å². The number of anilines is 2. The maximum atomic E-state index is 15.2. The van der Waals surface area contributed by atoms with Crippen molar-refractivity contribution in [1.29, 1.82) is 0 Å². The second-order valence-electron chi connectivity index (χ2n) is 11.1. The number of fused-ring (bicyclic) bond motifs is 1. The third kappa shape index (κ3) is 8.47. The Bertz CT molecular complexity index is 1810. The number of aryl methyl sites for hydroxylation is 1. The fourth-order valence-corrected chi connectivity index (χ4v) is 5.07. The number of nitrogens with zero attached hydrogens (tertiary/aromatic N) is 3. The Morgan fingerprint density at radius 2 is 1.90 bits per heavy atom. The van der Waals surface area contributed by atoms with E-state index in [1.165, 1.54) is 7.11 Å². The van der Waals surface area contributed by atoms with Crippen molar-refractivity contribution in [2.45, 2.75) is 32.7 Å². The van der Waals surface area contributed by atoms with Gasteiger partial charge in [0.25, 0.3) is 5.91 Å². The highest BCUT2D eigenvalue weighted by Gasteiger charge is 2.20. The van der Waals surface area contributed by atoms with Gasteiger partial charge in [-0.25, -0.2) is 14.4 Å². The Labute approximate surface area is 279 Å². The monoisotopic (exact) mass is 657 g/mol. The van der Waals surface area contributed by atoms with E-state index in [0.29, 0.717) is 76.8 Å². The number of imidazole rings is 1. The number of hydrogen-bond donors (Lipinski definition) is 6.